The van der Waals surface area contributed by atoms with Crippen LogP contribution in [0.5, 0.6) is 0 Å². The third kappa shape index (κ3) is 4.88. The molecule has 4 nitrogen and oxygen atoms in total. The van der Waals surface area contributed by atoms with E-state index in [0.29, 0.717) is 5.56 Å². The number of hydrogen-bond acceptors (Lipinski definition) is 3. The number of esters is 1. The molecule has 1 fully saturated rings. The van der Waals surface area contributed by atoms with Crippen molar-refractivity contribution in [3.05, 3.63) is 35.4 Å². The summed E-state index contributed by atoms with van der Waals surface area (Å²) in [6.45, 7) is 3.94. The molecule has 0 radical (unpaired) electrons. The zero-order valence-corrected chi connectivity index (χ0v) is 12.7. The Labute approximate surface area is 125 Å². The molecule has 114 valence electrons. The van der Waals surface area contributed by atoms with Gasteiger partial charge in [-0.25, -0.2) is 4.79 Å². The van der Waals surface area contributed by atoms with E-state index in [-0.39, 0.29) is 18.6 Å². The van der Waals surface area contributed by atoms with Crippen molar-refractivity contribution in [2.45, 2.75) is 45.6 Å². The lowest BCUT2D eigenvalue weighted by atomic mass is 9.87. The summed E-state index contributed by atoms with van der Waals surface area (Å²) in [4.78, 5) is 23.6. The normalized spacial score (nSPS) is 21.6. The van der Waals surface area contributed by atoms with Crippen LogP contribution in [0.1, 0.15) is 48.5 Å². The Kier molecular flexibility index (Phi) is 5.37. The van der Waals surface area contributed by atoms with E-state index < -0.39 is 5.97 Å². The molecule has 1 amide bonds. The molecule has 0 saturated heterocycles. The summed E-state index contributed by atoms with van der Waals surface area (Å²) in [5.74, 6) is 0.0824. The molecule has 2 rings (SSSR count). The molecule has 0 aliphatic heterocycles. The summed E-state index contributed by atoms with van der Waals surface area (Å²) in [6, 6.07) is 7.38. The molecular weight excluding hydrogens is 266 g/mol. The van der Waals surface area contributed by atoms with Crippen molar-refractivity contribution in [1.29, 1.82) is 0 Å². The van der Waals surface area contributed by atoms with Gasteiger partial charge in [-0.15, -0.1) is 0 Å². The van der Waals surface area contributed by atoms with E-state index in [9.17, 15) is 9.59 Å². The zero-order valence-electron chi connectivity index (χ0n) is 12.7. The van der Waals surface area contributed by atoms with Gasteiger partial charge in [-0.2, -0.15) is 0 Å². The Bertz CT molecular complexity index is 505. The van der Waals surface area contributed by atoms with Crippen molar-refractivity contribution in [3.63, 3.8) is 0 Å². The average Bonchev–Trinajstić information content (AvgIpc) is 2.47. The van der Waals surface area contributed by atoms with Crippen LogP contribution in [0.15, 0.2) is 24.3 Å². The van der Waals surface area contributed by atoms with Gasteiger partial charge in [-0.05, 0) is 50.7 Å². The van der Waals surface area contributed by atoms with Crippen LogP contribution in [0.4, 0.5) is 0 Å². The molecule has 0 bridgehead atoms. The van der Waals surface area contributed by atoms with Crippen molar-refractivity contribution in [1.82, 2.24) is 5.32 Å². The van der Waals surface area contributed by atoms with E-state index in [0.717, 1.165) is 37.2 Å². The minimum atomic E-state index is -0.453. The molecule has 0 spiro atoms. The first-order chi connectivity index (χ1) is 10.0. The van der Waals surface area contributed by atoms with Crippen LogP contribution in [0.25, 0.3) is 0 Å². The van der Waals surface area contributed by atoms with Gasteiger partial charge < -0.3 is 10.1 Å². The fourth-order valence-electron chi connectivity index (χ4n) is 2.66. The van der Waals surface area contributed by atoms with Crippen LogP contribution < -0.4 is 5.32 Å². The molecule has 0 aromatic heterocycles. The number of benzene rings is 1. The molecule has 0 heterocycles. The van der Waals surface area contributed by atoms with Crippen LogP contribution in [0, 0.1) is 12.8 Å². The van der Waals surface area contributed by atoms with E-state index in [1.165, 1.54) is 0 Å². The predicted molar refractivity (Wildman–Crippen MR) is 81.0 cm³/mol. The van der Waals surface area contributed by atoms with E-state index in [2.05, 4.69) is 12.2 Å². The van der Waals surface area contributed by atoms with Crippen molar-refractivity contribution < 1.29 is 14.3 Å². The monoisotopic (exact) mass is 289 g/mol. The summed E-state index contributed by atoms with van der Waals surface area (Å²) in [6.07, 6.45) is 4.32. The molecule has 1 N–H and O–H groups in total. The first kappa shape index (κ1) is 15.5. The van der Waals surface area contributed by atoms with Crippen LogP contribution in [-0.2, 0) is 9.53 Å². The van der Waals surface area contributed by atoms with Gasteiger partial charge in [0.15, 0.2) is 6.61 Å². The number of hydrogen-bond donors (Lipinski definition) is 1. The third-order valence-electron chi connectivity index (χ3n) is 3.97. The topological polar surface area (TPSA) is 55.4 Å². The summed E-state index contributed by atoms with van der Waals surface area (Å²) >= 11 is 0. The Balaban J connectivity index is 1.75. The number of carbonyl (C=O) groups is 2. The lowest BCUT2D eigenvalue weighted by Gasteiger charge is -2.26. The van der Waals surface area contributed by atoms with Gasteiger partial charge in [0.2, 0.25) is 0 Å². The van der Waals surface area contributed by atoms with Gasteiger partial charge in [-0.1, -0.05) is 24.6 Å². The first-order valence-corrected chi connectivity index (χ1v) is 7.57. The standard InChI is InChI=1S/C17H23NO3/c1-12-6-8-15(9-7-12)18-16(19)11-21-17(20)14-5-3-4-13(2)10-14/h3-5,10,12,15H,6-9,11H2,1-2H3,(H,18,19). The van der Waals surface area contributed by atoms with Gasteiger partial charge >= 0.3 is 5.97 Å². The summed E-state index contributed by atoms with van der Waals surface area (Å²) in [7, 11) is 0. The second-order valence-electron chi connectivity index (χ2n) is 5.97. The van der Waals surface area contributed by atoms with Crippen molar-refractivity contribution in [2.75, 3.05) is 6.61 Å². The molecule has 1 aromatic carbocycles. The summed E-state index contributed by atoms with van der Waals surface area (Å²) in [5, 5.41) is 2.94. The second-order valence-corrected chi connectivity index (χ2v) is 5.97. The van der Waals surface area contributed by atoms with Crippen LogP contribution in [0.2, 0.25) is 0 Å². The van der Waals surface area contributed by atoms with Crippen molar-refractivity contribution in [2.24, 2.45) is 5.92 Å². The van der Waals surface area contributed by atoms with E-state index in [4.69, 9.17) is 4.74 Å². The van der Waals surface area contributed by atoms with Crippen molar-refractivity contribution in [3.8, 4) is 0 Å². The van der Waals surface area contributed by atoms with Gasteiger partial charge in [0.1, 0.15) is 0 Å². The molecule has 4 heteroatoms. The van der Waals surface area contributed by atoms with Gasteiger partial charge in [0, 0.05) is 6.04 Å². The van der Waals surface area contributed by atoms with Crippen molar-refractivity contribution >= 4 is 11.9 Å². The maximum atomic E-state index is 11.8. The Morgan fingerprint density at radius 3 is 2.62 bits per heavy atom. The number of nitrogens with one attached hydrogen (secondary N) is 1. The Hall–Kier alpha value is -1.84. The largest absolute Gasteiger partial charge is 0.452 e. The highest BCUT2D eigenvalue weighted by Crippen LogP contribution is 2.23. The minimum Gasteiger partial charge on any atom is -0.452 e. The number of carbonyl (C=O) groups excluding carboxylic acids is 2. The van der Waals surface area contributed by atoms with Crippen LogP contribution >= 0.6 is 0 Å². The van der Waals surface area contributed by atoms with E-state index in [1.54, 1.807) is 18.2 Å². The highest BCUT2D eigenvalue weighted by Gasteiger charge is 2.20. The number of aryl methyl sites for hydroxylation is 1. The quantitative estimate of drug-likeness (QED) is 0.867. The fourth-order valence-corrected chi connectivity index (χ4v) is 2.66. The summed E-state index contributed by atoms with van der Waals surface area (Å²) in [5.41, 5.74) is 1.47. The Morgan fingerprint density at radius 2 is 1.95 bits per heavy atom. The maximum Gasteiger partial charge on any atom is 0.338 e. The first-order valence-electron chi connectivity index (χ1n) is 7.57. The second kappa shape index (κ2) is 7.25. The van der Waals surface area contributed by atoms with Crippen LogP contribution in [-0.4, -0.2) is 24.5 Å². The average molecular weight is 289 g/mol. The molecular formula is C17H23NO3. The van der Waals surface area contributed by atoms with Gasteiger partial charge in [0.25, 0.3) is 5.91 Å². The summed E-state index contributed by atoms with van der Waals surface area (Å²) < 4.78 is 5.06. The number of rotatable bonds is 4. The molecule has 1 saturated carbocycles. The van der Waals surface area contributed by atoms with Gasteiger partial charge in [-0.3, -0.25) is 4.79 Å². The highest BCUT2D eigenvalue weighted by molar-refractivity contribution is 5.91. The molecule has 0 atom stereocenters. The SMILES string of the molecule is Cc1cccc(C(=O)OCC(=O)NC2CCC(C)CC2)c1. The maximum absolute atomic E-state index is 11.8. The number of amides is 1. The fraction of sp³-hybridized carbons (Fsp3) is 0.529. The Morgan fingerprint density at radius 1 is 1.24 bits per heavy atom. The molecule has 1 aliphatic carbocycles. The van der Waals surface area contributed by atoms with E-state index in [1.807, 2.05) is 13.0 Å². The lowest BCUT2D eigenvalue weighted by molar-refractivity contribution is -0.125. The molecule has 1 aliphatic rings. The molecule has 0 unspecified atom stereocenters. The third-order valence-corrected chi connectivity index (χ3v) is 3.97. The highest BCUT2D eigenvalue weighted by atomic mass is 16.5. The lowest BCUT2D eigenvalue weighted by Crippen LogP contribution is -2.39. The smallest absolute Gasteiger partial charge is 0.338 e. The van der Waals surface area contributed by atoms with Gasteiger partial charge in [0.05, 0.1) is 5.56 Å². The number of ether oxygens (including phenoxy) is 1. The van der Waals surface area contributed by atoms with Crippen LogP contribution in [0.3, 0.4) is 0 Å². The minimum absolute atomic E-state index is 0.209. The molecule has 21 heavy (non-hydrogen) atoms. The zero-order chi connectivity index (χ0) is 15.2. The van der Waals surface area contributed by atoms with E-state index >= 15 is 0 Å². The predicted octanol–water partition coefficient (Wildman–Crippen LogP) is 2.85. The molecule has 1 aromatic rings.